The van der Waals surface area contributed by atoms with Crippen molar-refractivity contribution in [1.82, 2.24) is 9.55 Å². The van der Waals surface area contributed by atoms with E-state index in [2.05, 4.69) is 4.98 Å². The van der Waals surface area contributed by atoms with E-state index in [4.69, 9.17) is 5.73 Å². The van der Waals surface area contributed by atoms with Crippen LogP contribution in [0.4, 0.5) is 4.39 Å². The van der Waals surface area contributed by atoms with Crippen molar-refractivity contribution in [3.05, 3.63) is 70.5 Å². The molecule has 0 saturated carbocycles. The molecule has 0 aliphatic rings. The third-order valence-corrected chi connectivity index (χ3v) is 3.30. The second kappa shape index (κ2) is 5.46. The molecule has 2 N–H and O–H groups in total. The summed E-state index contributed by atoms with van der Waals surface area (Å²) in [5, 5.41) is 0.00197. The standard InChI is InChI=1S/C16H14FN3O/c17-12-7-4-8-13-15(12)16(21)20(14(19-13)9-10-18)11-5-2-1-3-6-11/h1-8H,9-10,18H2. The van der Waals surface area contributed by atoms with Crippen LogP contribution in [-0.4, -0.2) is 16.1 Å². The molecule has 0 amide bonds. The number of aromatic nitrogens is 2. The molecule has 0 aliphatic carbocycles. The van der Waals surface area contributed by atoms with E-state index in [9.17, 15) is 9.18 Å². The van der Waals surface area contributed by atoms with Crippen molar-refractivity contribution in [3.63, 3.8) is 0 Å². The molecular formula is C16H14FN3O. The SMILES string of the molecule is NCCc1nc2cccc(F)c2c(=O)n1-c1ccccc1. The van der Waals surface area contributed by atoms with Crippen molar-refractivity contribution in [2.75, 3.05) is 6.54 Å². The van der Waals surface area contributed by atoms with Crippen molar-refractivity contribution in [2.45, 2.75) is 6.42 Å². The number of halogens is 1. The number of nitrogens with two attached hydrogens (primary N) is 1. The first-order valence-corrected chi connectivity index (χ1v) is 6.68. The number of rotatable bonds is 3. The predicted octanol–water partition coefficient (Wildman–Crippen LogP) is 2.03. The van der Waals surface area contributed by atoms with Crippen LogP contribution in [0.1, 0.15) is 5.82 Å². The van der Waals surface area contributed by atoms with Gasteiger partial charge in [-0.05, 0) is 30.8 Å². The monoisotopic (exact) mass is 283 g/mol. The van der Waals surface area contributed by atoms with Crippen molar-refractivity contribution in [2.24, 2.45) is 5.73 Å². The summed E-state index contributed by atoms with van der Waals surface area (Å²) in [7, 11) is 0. The Morgan fingerprint density at radius 3 is 2.57 bits per heavy atom. The zero-order valence-electron chi connectivity index (χ0n) is 11.3. The molecule has 4 nitrogen and oxygen atoms in total. The maximum Gasteiger partial charge on any atom is 0.268 e. The maximum atomic E-state index is 14.0. The summed E-state index contributed by atoms with van der Waals surface area (Å²) in [4.78, 5) is 17.1. The molecule has 2 aromatic carbocycles. The molecule has 1 heterocycles. The first-order valence-electron chi connectivity index (χ1n) is 6.68. The van der Waals surface area contributed by atoms with Gasteiger partial charge in [0.15, 0.2) is 0 Å². The van der Waals surface area contributed by atoms with Crippen LogP contribution in [0.5, 0.6) is 0 Å². The van der Waals surface area contributed by atoms with Gasteiger partial charge in [-0.25, -0.2) is 9.37 Å². The minimum absolute atomic E-state index is 0.00197. The molecule has 0 bridgehead atoms. The molecule has 1 aromatic heterocycles. The molecule has 3 aromatic rings. The molecule has 5 heteroatoms. The van der Waals surface area contributed by atoms with Crippen molar-refractivity contribution >= 4 is 10.9 Å². The molecule has 0 radical (unpaired) electrons. The number of fused-ring (bicyclic) bond motifs is 1. The Balaban J connectivity index is 2.41. The van der Waals surface area contributed by atoms with Gasteiger partial charge >= 0.3 is 0 Å². The Labute approximate surface area is 120 Å². The Morgan fingerprint density at radius 1 is 1.10 bits per heavy atom. The van der Waals surface area contributed by atoms with Crippen LogP contribution in [0.25, 0.3) is 16.6 Å². The molecule has 0 unspecified atom stereocenters. The average Bonchev–Trinajstić information content (AvgIpc) is 2.48. The lowest BCUT2D eigenvalue weighted by Crippen LogP contribution is -2.26. The number of hydrogen-bond acceptors (Lipinski definition) is 3. The lowest BCUT2D eigenvalue weighted by molar-refractivity contribution is 0.636. The number of benzene rings is 2. The van der Waals surface area contributed by atoms with E-state index in [0.29, 0.717) is 30.0 Å². The number of para-hydroxylation sites is 1. The highest BCUT2D eigenvalue weighted by Crippen LogP contribution is 2.15. The van der Waals surface area contributed by atoms with E-state index < -0.39 is 11.4 Å². The zero-order chi connectivity index (χ0) is 14.8. The fourth-order valence-corrected chi connectivity index (χ4v) is 2.38. The molecular weight excluding hydrogens is 269 g/mol. The molecule has 21 heavy (non-hydrogen) atoms. The quantitative estimate of drug-likeness (QED) is 0.800. The third kappa shape index (κ3) is 2.32. The maximum absolute atomic E-state index is 14.0. The van der Waals surface area contributed by atoms with Crippen LogP contribution < -0.4 is 11.3 Å². The highest BCUT2D eigenvalue weighted by molar-refractivity contribution is 5.78. The number of hydrogen-bond donors (Lipinski definition) is 1. The molecule has 106 valence electrons. The van der Waals surface area contributed by atoms with Gasteiger partial charge in [-0.3, -0.25) is 9.36 Å². The fourth-order valence-electron chi connectivity index (χ4n) is 2.38. The second-order valence-electron chi connectivity index (χ2n) is 4.68. The average molecular weight is 283 g/mol. The van der Waals surface area contributed by atoms with Gasteiger partial charge in [0, 0.05) is 6.42 Å². The Kier molecular flexibility index (Phi) is 3.50. The van der Waals surface area contributed by atoms with Crippen molar-refractivity contribution < 1.29 is 4.39 Å². The number of nitrogens with zero attached hydrogens (tertiary/aromatic N) is 2. The minimum atomic E-state index is -0.561. The molecule has 0 aliphatic heterocycles. The molecule has 0 saturated heterocycles. The fraction of sp³-hybridized carbons (Fsp3) is 0.125. The minimum Gasteiger partial charge on any atom is -0.330 e. The van der Waals surface area contributed by atoms with Gasteiger partial charge in [0.05, 0.1) is 11.2 Å². The van der Waals surface area contributed by atoms with Gasteiger partial charge in [0.25, 0.3) is 5.56 Å². The summed E-state index contributed by atoms with van der Waals surface area (Å²) in [5.41, 5.74) is 6.21. The van der Waals surface area contributed by atoms with Gasteiger partial charge in [-0.15, -0.1) is 0 Å². The summed E-state index contributed by atoms with van der Waals surface area (Å²) in [5.74, 6) is -0.0271. The largest absolute Gasteiger partial charge is 0.330 e. The van der Waals surface area contributed by atoms with Crippen LogP contribution in [0.2, 0.25) is 0 Å². The van der Waals surface area contributed by atoms with Gasteiger partial charge in [0.2, 0.25) is 0 Å². The molecule has 3 rings (SSSR count). The van der Waals surface area contributed by atoms with Crippen molar-refractivity contribution in [3.8, 4) is 5.69 Å². The van der Waals surface area contributed by atoms with Crippen LogP contribution in [-0.2, 0) is 6.42 Å². The summed E-state index contributed by atoms with van der Waals surface area (Å²) < 4.78 is 15.4. The Bertz CT molecular complexity index is 843. The van der Waals surface area contributed by atoms with E-state index >= 15 is 0 Å². The smallest absolute Gasteiger partial charge is 0.268 e. The second-order valence-corrected chi connectivity index (χ2v) is 4.68. The molecule has 0 fully saturated rings. The van der Waals surface area contributed by atoms with Crippen LogP contribution in [0.15, 0.2) is 53.3 Å². The van der Waals surface area contributed by atoms with E-state index in [0.717, 1.165) is 0 Å². The summed E-state index contributed by atoms with van der Waals surface area (Å²) in [6.07, 6.45) is 0.441. The van der Waals surface area contributed by atoms with Gasteiger partial charge in [-0.1, -0.05) is 24.3 Å². The summed E-state index contributed by atoms with van der Waals surface area (Å²) in [6.45, 7) is 0.361. The topological polar surface area (TPSA) is 60.9 Å². The first-order chi connectivity index (χ1) is 10.2. The van der Waals surface area contributed by atoms with Gasteiger partial charge in [0.1, 0.15) is 17.0 Å². The first kappa shape index (κ1) is 13.5. The summed E-state index contributed by atoms with van der Waals surface area (Å²) >= 11 is 0. The predicted molar refractivity (Wildman–Crippen MR) is 80.1 cm³/mol. The van der Waals surface area contributed by atoms with Gasteiger partial charge < -0.3 is 5.73 Å². The Hall–Kier alpha value is -2.53. The Morgan fingerprint density at radius 2 is 1.86 bits per heavy atom. The lowest BCUT2D eigenvalue weighted by atomic mass is 10.2. The van der Waals surface area contributed by atoms with E-state index in [1.165, 1.54) is 10.6 Å². The molecule has 0 atom stereocenters. The third-order valence-electron chi connectivity index (χ3n) is 3.30. The normalized spacial score (nSPS) is 11.0. The lowest BCUT2D eigenvalue weighted by Gasteiger charge is -2.13. The summed E-state index contributed by atoms with van der Waals surface area (Å²) in [6, 6.07) is 13.5. The van der Waals surface area contributed by atoms with Crippen molar-refractivity contribution in [1.29, 1.82) is 0 Å². The zero-order valence-corrected chi connectivity index (χ0v) is 11.3. The van der Waals surface area contributed by atoms with E-state index in [1.54, 1.807) is 24.3 Å². The van der Waals surface area contributed by atoms with Crippen LogP contribution in [0.3, 0.4) is 0 Å². The van der Waals surface area contributed by atoms with E-state index in [1.807, 2.05) is 18.2 Å². The van der Waals surface area contributed by atoms with Crippen LogP contribution in [0, 0.1) is 5.82 Å². The highest BCUT2D eigenvalue weighted by atomic mass is 19.1. The molecule has 0 spiro atoms. The highest BCUT2D eigenvalue weighted by Gasteiger charge is 2.14. The van der Waals surface area contributed by atoms with Crippen LogP contribution >= 0.6 is 0 Å². The van der Waals surface area contributed by atoms with Gasteiger partial charge in [-0.2, -0.15) is 0 Å². The van der Waals surface area contributed by atoms with E-state index in [-0.39, 0.29) is 5.39 Å².